The van der Waals surface area contributed by atoms with Gasteiger partial charge in [0.2, 0.25) is 5.91 Å². The Bertz CT molecular complexity index is 847. The highest BCUT2D eigenvalue weighted by Crippen LogP contribution is 2.27. The number of carbonyl (C=O) groups excluding carboxylic acids is 1. The minimum atomic E-state index is -0.317. The number of rotatable bonds is 5. The molecule has 136 valence electrons. The Balaban J connectivity index is 1.98. The summed E-state index contributed by atoms with van der Waals surface area (Å²) >= 11 is 5.20. The quantitative estimate of drug-likeness (QED) is 0.618. The first kappa shape index (κ1) is 19.5. The van der Waals surface area contributed by atoms with E-state index >= 15 is 0 Å². The SMILES string of the molecule is COc1ccc(C=CC(=O)NC(=S)Nc2cccc(C)c2C)cc1OC. The number of carbonyl (C=O) groups is 1. The summed E-state index contributed by atoms with van der Waals surface area (Å²) in [7, 11) is 3.14. The molecule has 6 heteroatoms. The van der Waals surface area contributed by atoms with Gasteiger partial charge in [-0.05, 0) is 67.0 Å². The van der Waals surface area contributed by atoms with Crippen molar-refractivity contribution < 1.29 is 14.3 Å². The van der Waals surface area contributed by atoms with Crippen LogP contribution in [0, 0.1) is 13.8 Å². The molecule has 0 fully saturated rings. The van der Waals surface area contributed by atoms with Crippen molar-refractivity contribution in [2.75, 3.05) is 19.5 Å². The van der Waals surface area contributed by atoms with E-state index in [1.165, 1.54) is 6.08 Å². The van der Waals surface area contributed by atoms with Crippen molar-refractivity contribution in [2.24, 2.45) is 0 Å². The largest absolute Gasteiger partial charge is 0.493 e. The van der Waals surface area contributed by atoms with Crippen LogP contribution in [-0.4, -0.2) is 25.2 Å². The number of hydrogen-bond donors (Lipinski definition) is 2. The van der Waals surface area contributed by atoms with Gasteiger partial charge in [-0.1, -0.05) is 18.2 Å². The molecule has 0 saturated carbocycles. The summed E-state index contributed by atoms with van der Waals surface area (Å²) < 4.78 is 10.4. The van der Waals surface area contributed by atoms with Gasteiger partial charge in [0.1, 0.15) is 0 Å². The zero-order valence-corrected chi connectivity index (χ0v) is 16.1. The second-order valence-corrected chi connectivity index (χ2v) is 6.05. The van der Waals surface area contributed by atoms with E-state index in [1.54, 1.807) is 32.4 Å². The van der Waals surface area contributed by atoms with Gasteiger partial charge in [-0.3, -0.25) is 10.1 Å². The van der Waals surface area contributed by atoms with E-state index in [9.17, 15) is 4.79 Å². The molecular formula is C20H22N2O3S. The maximum absolute atomic E-state index is 12.1. The predicted octanol–water partition coefficient (Wildman–Crippen LogP) is 3.85. The summed E-state index contributed by atoms with van der Waals surface area (Å²) in [6, 6.07) is 11.3. The van der Waals surface area contributed by atoms with E-state index < -0.39 is 0 Å². The van der Waals surface area contributed by atoms with Gasteiger partial charge in [-0.15, -0.1) is 0 Å². The number of amides is 1. The zero-order valence-electron chi connectivity index (χ0n) is 15.3. The molecule has 2 N–H and O–H groups in total. The number of ether oxygens (including phenoxy) is 2. The first-order valence-electron chi connectivity index (χ1n) is 8.03. The molecule has 0 saturated heterocycles. The van der Waals surface area contributed by atoms with E-state index in [-0.39, 0.29) is 11.0 Å². The van der Waals surface area contributed by atoms with Gasteiger partial charge in [-0.2, -0.15) is 0 Å². The van der Waals surface area contributed by atoms with E-state index in [4.69, 9.17) is 21.7 Å². The lowest BCUT2D eigenvalue weighted by molar-refractivity contribution is -0.115. The fourth-order valence-electron chi connectivity index (χ4n) is 2.32. The van der Waals surface area contributed by atoms with E-state index in [1.807, 2.05) is 38.1 Å². The van der Waals surface area contributed by atoms with Crippen LogP contribution in [0.25, 0.3) is 6.08 Å². The van der Waals surface area contributed by atoms with E-state index in [0.29, 0.717) is 11.5 Å². The van der Waals surface area contributed by atoms with Crippen LogP contribution in [0.2, 0.25) is 0 Å². The lowest BCUT2D eigenvalue weighted by Gasteiger charge is -2.12. The fourth-order valence-corrected chi connectivity index (χ4v) is 2.53. The van der Waals surface area contributed by atoms with Crippen LogP contribution >= 0.6 is 12.2 Å². The van der Waals surface area contributed by atoms with Gasteiger partial charge in [-0.25, -0.2) is 0 Å². The first-order valence-corrected chi connectivity index (χ1v) is 8.43. The van der Waals surface area contributed by atoms with Gasteiger partial charge in [0.25, 0.3) is 0 Å². The lowest BCUT2D eigenvalue weighted by Crippen LogP contribution is -2.33. The van der Waals surface area contributed by atoms with Crippen molar-refractivity contribution in [3.63, 3.8) is 0 Å². The minimum Gasteiger partial charge on any atom is -0.493 e. The Hall–Kier alpha value is -2.86. The molecule has 0 aliphatic carbocycles. The molecule has 0 bridgehead atoms. The summed E-state index contributed by atoms with van der Waals surface area (Å²) in [4.78, 5) is 12.1. The summed E-state index contributed by atoms with van der Waals surface area (Å²) in [6.45, 7) is 4.02. The zero-order chi connectivity index (χ0) is 19.1. The number of hydrogen-bond acceptors (Lipinski definition) is 4. The van der Waals surface area contributed by atoms with Crippen molar-refractivity contribution in [3.8, 4) is 11.5 Å². The van der Waals surface area contributed by atoms with Crippen LogP contribution in [0.5, 0.6) is 11.5 Å². The summed E-state index contributed by atoms with van der Waals surface area (Å²) in [6.07, 6.45) is 3.09. The smallest absolute Gasteiger partial charge is 0.250 e. The van der Waals surface area contributed by atoms with Crippen molar-refractivity contribution in [1.29, 1.82) is 0 Å². The second-order valence-electron chi connectivity index (χ2n) is 5.64. The van der Waals surface area contributed by atoms with Crippen molar-refractivity contribution in [2.45, 2.75) is 13.8 Å². The van der Waals surface area contributed by atoms with Crippen LogP contribution in [0.4, 0.5) is 5.69 Å². The van der Waals surface area contributed by atoms with Gasteiger partial charge >= 0.3 is 0 Å². The maximum atomic E-state index is 12.1. The fraction of sp³-hybridized carbons (Fsp3) is 0.200. The third-order valence-corrected chi connectivity index (χ3v) is 4.13. The average Bonchev–Trinajstić information content (AvgIpc) is 2.63. The molecule has 2 aromatic rings. The molecule has 1 amide bonds. The third-order valence-electron chi connectivity index (χ3n) is 3.92. The van der Waals surface area contributed by atoms with Gasteiger partial charge in [0.05, 0.1) is 14.2 Å². The van der Waals surface area contributed by atoms with E-state index in [2.05, 4.69) is 10.6 Å². The number of nitrogens with one attached hydrogen (secondary N) is 2. The first-order chi connectivity index (χ1) is 12.4. The summed E-state index contributed by atoms with van der Waals surface area (Å²) in [5, 5.41) is 5.93. The molecule has 0 heterocycles. The second kappa shape index (κ2) is 9.01. The van der Waals surface area contributed by atoms with Crippen molar-refractivity contribution in [3.05, 3.63) is 59.2 Å². The topological polar surface area (TPSA) is 59.6 Å². The van der Waals surface area contributed by atoms with Crippen molar-refractivity contribution in [1.82, 2.24) is 5.32 Å². The number of benzene rings is 2. The summed E-state index contributed by atoms with van der Waals surface area (Å²) in [5.41, 5.74) is 3.92. The summed E-state index contributed by atoms with van der Waals surface area (Å²) in [5.74, 6) is 0.915. The van der Waals surface area contributed by atoms with Crippen LogP contribution in [0.3, 0.4) is 0 Å². The highest BCUT2D eigenvalue weighted by atomic mass is 32.1. The molecule has 0 spiro atoms. The number of thiocarbonyl (C=S) groups is 1. The van der Waals surface area contributed by atoms with Crippen LogP contribution in [-0.2, 0) is 4.79 Å². The molecule has 5 nitrogen and oxygen atoms in total. The highest BCUT2D eigenvalue weighted by molar-refractivity contribution is 7.80. The normalized spacial score (nSPS) is 10.5. The maximum Gasteiger partial charge on any atom is 0.250 e. The van der Waals surface area contributed by atoms with Crippen LogP contribution in [0.1, 0.15) is 16.7 Å². The molecule has 0 radical (unpaired) electrons. The van der Waals surface area contributed by atoms with Gasteiger partial charge in [0.15, 0.2) is 16.6 Å². The number of methoxy groups -OCH3 is 2. The van der Waals surface area contributed by atoms with Crippen molar-refractivity contribution >= 4 is 35.0 Å². The van der Waals surface area contributed by atoms with Crippen LogP contribution in [0.15, 0.2) is 42.5 Å². The molecule has 26 heavy (non-hydrogen) atoms. The Morgan fingerprint density at radius 1 is 1.08 bits per heavy atom. The molecular weight excluding hydrogens is 348 g/mol. The number of anilines is 1. The van der Waals surface area contributed by atoms with E-state index in [0.717, 1.165) is 22.4 Å². The molecule has 0 aliphatic rings. The highest BCUT2D eigenvalue weighted by Gasteiger charge is 2.06. The monoisotopic (exact) mass is 370 g/mol. The Morgan fingerprint density at radius 2 is 1.81 bits per heavy atom. The van der Waals surface area contributed by atoms with Crippen LogP contribution < -0.4 is 20.1 Å². The molecule has 2 aromatic carbocycles. The molecule has 0 aliphatic heterocycles. The lowest BCUT2D eigenvalue weighted by atomic mass is 10.1. The third kappa shape index (κ3) is 5.07. The number of aryl methyl sites for hydroxylation is 1. The molecule has 2 rings (SSSR count). The molecule has 0 atom stereocenters. The molecule has 0 unspecified atom stereocenters. The van der Waals surface area contributed by atoms with Gasteiger partial charge in [0, 0.05) is 11.8 Å². The average molecular weight is 370 g/mol. The Morgan fingerprint density at radius 3 is 2.50 bits per heavy atom. The Labute approximate surface area is 159 Å². The minimum absolute atomic E-state index is 0.251. The van der Waals surface area contributed by atoms with Gasteiger partial charge < -0.3 is 14.8 Å². The Kier molecular flexibility index (Phi) is 6.74. The predicted molar refractivity (Wildman–Crippen MR) is 109 cm³/mol. The standard InChI is InChI=1S/C20H22N2O3S/c1-13-6-5-7-16(14(13)2)21-20(26)22-19(23)11-9-15-8-10-17(24-3)18(12-15)25-4/h5-12H,1-4H3,(H2,21,22,23,26). The molecule has 0 aromatic heterocycles.